The maximum absolute atomic E-state index is 2.37. The summed E-state index contributed by atoms with van der Waals surface area (Å²) < 4.78 is 0. The van der Waals surface area contributed by atoms with Gasteiger partial charge in [-0.05, 0) is 55.3 Å². The fourth-order valence-electron chi connectivity index (χ4n) is 4.19. The Balaban J connectivity index is 1.42. The van der Waals surface area contributed by atoms with E-state index in [-0.39, 0.29) is 10.8 Å². The van der Waals surface area contributed by atoms with Crippen LogP contribution in [0, 0.1) is 0 Å². The van der Waals surface area contributed by atoms with Crippen LogP contribution in [0.15, 0.2) is 97.1 Å². The molecule has 4 aromatic rings. The van der Waals surface area contributed by atoms with Gasteiger partial charge in [-0.15, -0.1) is 0 Å². The van der Waals surface area contributed by atoms with Crippen molar-refractivity contribution < 1.29 is 0 Å². The lowest BCUT2D eigenvalue weighted by molar-refractivity contribution is 0.568. The molecule has 0 heterocycles. The molecule has 0 aliphatic rings. The van der Waals surface area contributed by atoms with E-state index < -0.39 is 0 Å². The second-order valence-corrected chi connectivity index (χ2v) is 12.1. The minimum absolute atomic E-state index is 0.122. The van der Waals surface area contributed by atoms with Gasteiger partial charge in [-0.25, -0.2) is 0 Å². The van der Waals surface area contributed by atoms with Crippen LogP contribution in [-0.4, -0.2) is 0 Å². The van der Waals surface area contributed by atoms with Gasteiger partial charge >= 0.3 is 0 Å². The molecule has 0 amide bonds. The normalized spacial score (nSPS) is 12.7. The van der Waals surface area contributed by atoms with Crippen molar-refractivity contribution in [3.05, 3.63) is 142 Å². The van der Waals surface area contributed by atoms with Crippen LogP contribution in [-0.2, 0) is 10.8 Å². The number of benzene rings is 4. The summed E-state index contributed by atoms with van der Waals surface area (Å²) in [6.45, 7) is 13.7. The van der Waals surface area contributed by atoms with E-state index in [2.05, 4.69) is 169 Å². The Hall–Kier alpha value is -3.90. The van der Waals surface area contributed by atoms with Crippen LogP contribution in [0.5, 0.6) is 0 Å². The smallest absolute Gasteiger partial charge is 0.0132 e. The van der Waals surface area contributed by atoms with Crippen molar-refractivity contribution in [2.45, 2.75) is 52.4 Å². The summed E-state index contributed by atoms with van der Waals surface area (Å²) in [6.07, 6.45) is 13.1. The Morgan fingerprint density at radius 2 is 0.632 bits per heavy atom. The molecule has 4 rings (SSSR count). The summed E-state index contributed by atoms with van der Waals surface area (Å²) in [5.74, 6) is 0. The summed E-state index contributed by atoms with van der Waals surface area (Å²) >= 11 is 0. The molecule has 0 atom stereocenters. The molecule has 0 radical (unpaired) electrons. The molecular weight excluding hydrogens is 456 g/mol. The van der Waals surface area contributed by atoms with E-state index in [1.54, 1.807) is 0 Å². The van der Waals surface area contributed by atoms with Gasteiger partial charge in [0.2, 0.25) is 0 Å². The van der Waals surface area contributed by atoms with E-state index in [0.29, 0.717) is 0 Å². The van der Waals surface area contributed by atoms with Crippen LogP contribution in [0.1, 0.15) is 86.1 Å². The summed E-state index contributed by atoms with van der Waals surface area (Å²) in [7, 11) is 0. The van der Waals surface area contributed by atoms with Crippen molar-refractivity contribution in [2.24, 2.45) is 0 Å². The minimum Gasteiger partial charge on any atom is -0.0622 e. The molecule has 0 N–H and O–H groups in total. The molecular formula is C38H40. The maximum atomic E-state index is 2.37. The number of rotatable bonds is 6. The maximum Gasteiger partial charge on any atom is -0.0132 e. The molecule has 38 heavy (non-hydrogen) atoms. The summed E-state index contributed by atoms with van der Waals surface area (Å²) in [5.41, 5.74) is 10.3. The van der Waals surface area contributed by atoms with Crippen molar-refractivity contribution in [2.75, 3.05) is 0 Å². The average molecular weight is 497 g/mol. The highest BCUT2D eigenvalue weighted by molar-refractivity contribution is 5.75. The second kappa shape index (κ2) is 11.7. The Labute approximate surface area is 230 Å². The molecule has 192 valence electrons. The van der Waals surface area contributed by atoms with E-state index in [1.165, 1.54) is 44.5 Å². The van der Waals surface area contributed by atoms with Gasteiger partial charge in [0, 0.05) is 0 Å². The van der Waals surface area contributed by atoms with Gasteiger partial charge in [0.05, 0.1) is 0 Å². The van der Waals surface area contributed by atoms with E-state index in [1.807, 2.05) is 6.07 Å². The van der Waals surface area contributed by atoms with Crippen molar-refractivity contribution in [1.29, 1.82) is 0 Å². The van der Waals surface area contributed by atoms with Gasteiger partial charge in [-0.3, -0.25) is 0 Å². The fourth-order valence-corrected chi connectivity index (χ4v) is 4.19. The minimum atomic E-state index is 0.122. The first-order chi connectivity index (χ1) is 18.1. The van der Waals surface area contributed by atoms with Crippen molar-refractivity contribution >= 4 is 36.5 Å². The van der Waals surface area contributed by atoms with Crippen LogP contribution in [0.3, 0.4) is 0 Å². The fraction of sp³-hybridized carbons (Fsp3) is 0.211. The lowest BCUT2D eigenvalue weighted by Crippen LogP contribution is -2.16. The van der Waals surface area contributed by atoms with Gasteiger partial charge in [-0.2, -0.15) is 0 Å². The van der Waals surface area contributed by atoms with Crippen molar-refractivity contribution in [1.82, 2.24) is 0 Å². The third-order valence-electron chi connectivity index (χ3n) is 6.76. The summed E-state index contributed by atoms with van der Waals surface area (Å²) in [5, 5.41) is 0. The van der Waals surface area contributed by atoms with Crippen LogP contribution in [0.25, 0.3) is 36.5 Å². The van der Waals surface area contributed by atoms with E-state index in [4.69, 9.17) is 0 Å². The Kier molecular flexibility index (Phi) is 8.32. The van der Waals surface area contributed by atoms with E-state index in [0.717, 1.165) is 0 Å². The van der Waals surface area contributed by atoms with Crippen LogP contribution >= 0.6 is 0 Å². The van der Waals surface area contributed by atoms with Crippen LogP contribution < -0.4 is 0 Å². The molecule has 0 nitrogen and oxygen atoms in total. The highest BCUT2D eigenvalue weighted by Gasteiger charge is 2.19. The molecule has 0 aromatic heterocycles. The van der Waals surface area contributed by atoms with Crippen LogP contribution in [0.4, 0.5) is 0 Å². The molecule has 0 saturated carbocycles. The zero-order valence-electron chi connectivity index (χ0n) is 23.7. The largest absolute Gasteiger partial charge is 0.0622 e. The van der Waals surface area contributed by atoms with Gasteiger partial charge in [0.25, 0.3) is 0 Å². The van der Waals surface area contributed by atoms with Gasteiger partial charge in [0.1, 0.15) is 0 Å². The monoisotopic (exact) mass is 496 g/mol. The second-order valence-electron chi connectivity index (χ2n) is 12.1. The van der Waals surface area contributed by atoms with Gasteiger partial charge in [0.15, 0.2) is 0 Å². The Morgan fingerprint density at radius 3 is 0.947 bits per heavy atom. The molecule has 0 aliphatic carbocycles. The first-order valence-corrected chi connectivity index (χ1v) is 13.5. The van der Waals surface area contributed by atoms with Crippen molar-refractivity contribution in [3.8, 4) is 0 Å². The summed E-state index contributed by atoms with van der Waals surface area (Å²) in [6, 6.07) is 34.8. The molecule has 4 aromatic carbocycles. The zero-order chi connectivity index (χ0) is 27.2. The lowest BCUT2D eigenvalue weighted by Gasteiger charge is -2.25. The predicted molar refractivity (Wildman–Crippen MR) is 170 cm³/mol. The molecule has 0 fully saturated rings. The Bertz CT molecular complexity index is 1380. The third kappa shape index (κ3) is 7.80. The molecule has 0 bridgehead atoms. The SMILES string of the molecule is CC(C)(C)c1cc(C=Cc2ccc(C=Cc3ccc(C=Cc4ccccc4)cc3)cc2)cc(C(C)(C)C)c1. The molecule has 0 saturated heterocycles. The van der Waals surface area contributed by atoms with Crippen LogP contribution in [0.2, 0.25) is 0 Å². The summed E-state index contributed by atoms with van der Waals surface area (Å²) in [4.78, 5) is 0. The lowest BCUT2D eigenvalue weighted by atomic mass is 9.79. The Morgan fingerprint density at radius 1 is 0.342 bits per heavy atom. The zero-order valence-corrected chi connectivity index (χ0v) is 23.7. The standard InChI is InChI=1S/C38H40/c1-37(2,3)35-26-34(27-36(28-35)38(4,5)6)25-24-33-22-20-32(21-23-33)19-18-31-16-14-30(15-17-31)13-12-29-10-8-7-9-11-29/h7-28H,1-6H3. The number of hydrogen-bond donors (Lipinski definition) is 0. The van der Waals surface area contributed by atoms with Gasteiger partial charge in [-0.1, -0.05) is 175 Å². The highest BCUT2D eigenvalue weighted by atomic mass is 14.2. The van der Waals surface area contributed by atoms with E-state index in [9.17, 15) is 0 Å². The van der Waals surface area contributed by atoms with Crippen molar-refractivity contribution in [3.63, 3.8) is 0 Å². The first-order valence-electron chi connectivity index (χ1n) is 13.5. The quantitative estimate of drug-likeness (QED) is 0.233. The van der Waals surface area contributed by atoms with E-state index >= 15 is 0 Å². The molecule has 0 heteroatoms. The first kappa shape index (κ1) is 27.1. The third-order valence-corrected chi connectivity index (χ3v) is 6.76. The van der Waals surface area contributed by atoms with Gasteiger partial charge < -0.3 is 0 Å². The average Bonchev–Trinajstić information content (AvgIpc) is 2.90. The highest BCUT2D eigenvalue weighted by Crippen LogP contribution is 2.31. The predicted octanol–water partition coefficient (Wildman–Crippen LogP) is 10.8. The number of hydrogen-bond acceptors (Lipinski definition) is 0. The topological polar surface area (TPSA) is 0 Å². The molecule has 0 unspecified atom stereocenters. The molecule has 0 aliphatic heterocycles. The molecule has 0 spiro atoms.